The van der Waals surface area contributed by atoms with Gasteiger partial charge in [0.15, 0.2) is 5.96 Å². The molecule has 0 aliphatic carbocycles. The van der Waals surface area contributed by atoms with Crippen LogP contribution in [0.1, 0.15) is 26.3 Å². The third kappa shape index (κ3) is 7.01. The van der Waals surface area contributed by atoms with E-state index in [2.05, 4.69) is 67.5 Å². The number of ether oxygens (including phenoxy) is 1. The fraction of sp³-hybridized carbons (Fsp3) is 0.632. The smallest absolute Gasteiger partial charge is 0.191 e. The van der Waals surface area contributed by atoms with Crippen LogP contribution in [-0.2, 0) is 4.74 Å². The van der Waals surface area contributed by atoms with Gasteiger partial charge in [-0.1, -0.05) is 19.1 Å². The first-order valence-electron chi connectivity index (χ1n) is 8.98. The summed E-state index contributed by atoms with van der Waals surface area (Å²) in [5.74, 6) is 0.894. The zero-order valence-electron chi connectivity index (χ0n) is 16.0. The maximum absolute atomic E-state index is 5.30. The van der Waals surface area contributed by atoms with E-state index in [1.807, 2.05) is 0 Å². The van der Waals surface area contributed by atoms with E-state index < -0.39 is 0 Å². The van der Waals surface area contributed by atoms with Gasteiger partial charge in [0, 0.05) is 37.3 Å². The molecule has 6 heteroatoms. The van der Waals surface area contributed by atoms with Crippen LogP contribution in [0, 0.1) is 12.3 Å². The van der Waals surface area contributed by atoms with E-state index in [4.69, 9.17) is 9.73 Å². The van der Waals surface area contributed by atoms with Crippen molar-refractivity contribution in [3.63, 3.8) is 0 Å². The molecule has 1 fully saturated rings. The van der Waals surface area contributed by atoms with Gasteiger partial charge in [0.25, 0.3) is 0 Å². The molecule has 2 N–H and O–H groups in total. The topological polar surface area (TPSA) is 48.9 Å². The standard InChI is InChI=1S/C19H32N4O.HI/c1-5-20-18(22-13-19(4)14-24-15-19)21-10-11-23(6-2)17-9-7-8-16(3)12-17;/h7-9,12H,5-6,10-11,13-15H2,1-4H3,(H2,20,21,22);1H. The van der Waals surface area contributed by atoms with Crippen molar-refractivity contribution in [2.75, 3.05) is 50.8 Å². The fourth-order valence-corrected chi connectivity index (χ4v) is 2.76. The Balaban J connectivity index is 0.00000312. The monoisotopic (exact) mass is 460 g/mol. The van der Waals surface area contributed by atoms with Crippen LogP contribution in [0.4, 0.5) is 5.69 Å². The van der Waals surface area contributed by atoms with Crippen LogP contribution < -0.4 is 15.5 Å². The molecule has 0 saturated carbocycles. The minimum Gasteiger partial charge on any atom is -0.380 e. The Kier molecular flexibility index (Phi) is 9.56. The van der Waals surface area contributed by atoms with E-state index in [0.717, 1.165) is 51.9 Å². The Morgan fingerprint density at radius 3 is 2.60 bits per heavy atom. The van der Waals surface area contributed by atoms with Crippen LogP contribution in [0.3, 0.4) is 0 Å². The van der Waals surface area contributed by atoms with Crippen LogP contribution in [0.5, 0.6) is 0 Å². The summed E-state index contributed by atoms with van der Waals surface area (Å²) in [4.78, 5) is 7.09. The lowest BCUT2D eigenvalue weighted by Crippen LogP contribution is -2.45. The van der Waals surface area contributed by atoms with Crippen LogP contribution in [-0.4, -0.2) is 51.9 Å². The Labute approximate surface area is 169 Å². The summed E-state index contributed by atoms with van der Waals surface area (Å²) in [6, 6.07) is 8.66. The van der Waals surface area contributed by atoms with Crippen LogP contribution in [0.25, 0.3) is 0 Å². The number of anilines is 1. The molecule has 1 heterocycles. The molecule has 142 valence electrons. The largest absolute Gasteiger partial charge is 0.380 e. The highest BCUT2D eigenvalue weighted by molar-refractivity contribution is 14.0. The van der Waals surface area contributed by atoms with Gasteiger partial charge >= 0.3 is 0 Å². The van der Waals surface area contributed by atoms with Crippen LogP contribution >= 0.6 is 24.0 Å². The number of nitrogens with zero attached hydrogens (tertiary/aromatic N) is 2. The van der Waals surface area contributed by atoms with Crippen LogP contribution in [0.15, 0.2) is 29.3 Å². The molecule has 1 aromatic rings. The van der Waals surface area contributed by atoms with Gasteiger partial charge < -0.3 is 20.3 Å². The van der Waals surface area contributed by atoms with Gasteiger partial charge in [0.05, 0.1) is 19.8 Å². The predicted molar refractivity (Wildman–Crippen MR) is 117 cm³/mol. The van der Waals surface area contributed by atoms with Crippen molar-refractivity contribution >= 4 is 35.6 Å². The van der Waals surface area contributed by atoms with Crippen molar-refractivity contribution in [3.8, 4) is 0 Å². The maximum Gasteiger partial charge on any atom is 0.191 e. The number of hydrogen-bond donors (Lipinski definition) is 2. The number of halogens is 1. The lowest BCUT2D eigenvalue weighted by Gasteiger charge is -2.36. The Morgan fingerprint density at radius 2 is 2.04 bits per heavy atom. The van der Waals surface area contributed by atoms with E-state index in [1.165, 1.54) is 11.3 Å². The van der Waals surface area contributed by atoms with Gasteiger partial charge in [-0.25, -0.2) is 0 Å². The zero-order valence-corrected chi connectivity index (χ0v) is 18.3. The van der Waals surface area contributed by atoms with Gasteiger partial charge in [-0.15, -0.1) is 24.0 Å². The zero-order chi connectivity index (χ0) is 17.4. The van der Waals surface area contributed by atoms with Gasteiger partial charge in [0.2, 0.25) is 0 Å². The highest BCUT2D eigenvalue weighted by Gasteiger charge is 2.33. The van der Waals surface area contributed by atoms with Gasteiger partial charge in [0.1, 0.15) is 0 Å². The highest BCUT2D eigenvalue weighted by Crippen LogP contribution is 2.26. The molecule has 0 bridgehead atoms. The van der Waals surface area contributed by atoms with E-state index in [1.54, 1.807) is 0 Å². The minimum absolute atomic E-state index is 0. The number of likely N-dealkylation sites (N-methyl/N-ethyl adjacent to an activating group) is 1. The third-order valence-corrected chi connectivity index (χ3v) is 4.29. The average Bonchev–Trinajstić information content (AvgIpc) is 2.54. The molecule has 1 saturated heterocycles. The maximum atomic E-state index is 5.30. The molecule has 0 unspecified atom stereocenters. The Bertz CT molecular complexity index is 546. The number of benzene rings is 1. The molecule has 0 amide bonds. The summed E-state index contributed by atoms with van der Waals surface area (Å²) in [5.41, 5.74) is 2.78. The number of aryl methyl sites for hydroxylation is 1. The second-order valence-corrected chi connectivity index (χ2v) is 6.84. The first kappa shape index (κ1) is 22.0. The van der Waals surface area contributed by atoms with Crippen LogP contribution in [0.2, 0.25) is 0 Å². The second kappa shape index (κ2) is 10.9. The van der Waals surface area contributed by atoms with Crippen molar-refractivity contribution in [1.29, 1.82) is 0 Å². The van der Waals surface area contributed by atoms with Gasteiger partial charge in [-0.2, -0.15) is 0 Å². The second-order valence-electron chi connectivity index (χ2n) is 6.84. The summed E-state index contributed by atoms with van der Waals surface area (Å²) < 4.78 is 5.30. The average molecular weight is 460 g/mol. The molecule has 0 atom stereocenters. The minimum atomic E-state index is 0. The Hall–Kier alpha value is -1.02. The summed E-state index contributed by atoms with van der Waals surface area (Å²) >= 11 is 0. The molecule has 5 nitrogen and oxygen atoms in total. The first-order chi connectivity index (χ1) is 11.6. The molecule has 1 aliphatic rings. The quantitative estimate of drug-likeness (QED) is 0.356. The molecule has 0 radical (unpaired) electrons. The molecular formula is C19H33IN4O. The number of aliphatic imine (C=N–C) groups is 1. The van der Waals surface area contributed by atoms with Crippen molar-refractivity contribution in [2.45, 2.75) is 27.7 Å². The van der Waals surface area contributed by atoms with Gasteiger partial charge in [-0.05, 0) is 38.5 Å². The van der Waals surface area contributed by atoms with Gasteiger partial charge in [-0.3, -0.25) is 4.99 Å². The summed E-state index contributed by atoms with van der Waals surface area (Å²) in [6.07, 6.45) is 0. The molecule has 1 aromatic carbocycles. The predicted octanol–water partition coefficient (Wildman–Crippen LogP) is 3.03. The first-order valence-corrected chi connectivity index (χ1v) is 8.98. The summed E-state index contributed by atoms with van der Waals surface area (Å²) in [6.45, 7) is 14.7. The number of rotatable bonds is 8. The number of hydrogen-bond acceptors (Lipinski definition) is 3. The molecule has 2 rings (SSSR count). The molecular weight excluding hydrogens is 427 g/mol. The summed E-state index contributed by atoms with van der Waals surface area (Å²) in [7, 11) is 0. The fourth-order valence-electron chi connectivity index (χ4n) is 2.76. The SMILES string of the molecule is CCNC(=NCC1(C)COC1)NCCN(CC)c1cccc(C)c1.I. The van der Waals surface area contributed by atoms with Crippen molar-refractivity contribution in [3.05, 3.63) is 29.8 Å². The van der Waals surface area contributed by atoms with Crippen molar-refractivity contribution < 1.29 is 4.74 Å². The van der Waals surface area contributed by atoms with E-state index >= 15 is 0 Å². The number of nitrogens with one attached hydrogen (secondary N) is 2. The lowest BCUT2D eigenvalue weighted by atomic mass is 9.89. The molecule has 25 heavy (non-hydrogen) atoms. The molecule has 1 aliphatic heterocycles. The summed E-state index contributed by atoms with van der Waals surface area (Å²) in [5, 5.41) is 6.77. The van der Waals surface area contributed by atoms with E-state index in [0.29, 0.717) is 0 Å². The third-order valence-electron chi connectivity index (χ3n) is 4.29. The van der Waals surface area contributed by atoms with E-state index in [9.17, 15) is 0 Å². The van der Waals surface area contributed by atoms with E-state index in [-0.39, 0.29) is 29.4 Å². The van der Waals surface area contributed by atoms with Crippen molar-refractivity contribution in [2.24, 2.45) is 10.4 Å². The normalized spacial score (nSPS) is 15.8. The highest BCUT2D eigenvalue weighted by atomic mass is 127. The lowest BCUT2D eigenvalue weighted by molar-refractivity contribution is -0.0945. The molecule has 0 spiro atoms. The number of guanidine groups is 1. The Morgan fingerprint density at radius 1 is 1.28 bits per heavy atom. The van der Waals surface area contributed by atoms with Crippen molar-refractivity contribution in [1.82, 2.24) is 10.6 Å². The molecule has 0 aromatic heterocycles.